The van der Waals surface area contributed by atoms with Crippen LogP contribution in [0.5, 0.6) is 0 Å². The molecule has 0 bridgehead atoms. The van der Waals surface area contributed by atoms with Gasteiger partial charge in [-0.25, -0.2) is 9.78 Å². The Morgan fingerprint density at radius 3 is 3.05 bits per heavy atom. The smallest absolute Gasteiger partial charge is 0.354 e. The Bertz CT molecular complexity index is 515. The van der Waals surface area contributed by atoms with E-state index in [1.54, 1.807) is 6.07 Å². The Kier molecular flexibility index (Phi) is 2.74. The maximum Gasteiger partial charge on any atom is 0.354 e. The van der Waals surface area contributed by atoms with Gasteiger partial charge in [0.15, 0.2) is 5.69 Å². The molecule has 19 heavy (non-hydrogen) atoms. The molecular weight excluding hydrogens is 244 g/mol. The van der Waals surface area contributed by atoms with Gasteiger partial charge >= 0.3 is 5.97 Å². The van der Waals surface area contributed by atoms with Crippen LogP contribution in [0.3, 0.4) is 0 Å². The van der Waals surface area contributed by atoms with Crippen LogP contribution in [-0.2, 0) is 4.74 Å². The highest BCUT2D eigenvalue weighted by Gasteiger charge is 2.59. The van der Waals surface area contributed by atoms with E-state index in [2.05, 4.69) is 24.1 Å². The fourth-order valence-electron chi connectivity index (χ4n) is 3.41. The summed E-state index contributed by atoms with van der Waals surface area (Å²) < 4.78 is 5.74. The minimum atomic E-state index is -1.00. The Balaban J connectivity index is 1.78. The second-order valence-corrected chi connectivity index (χ2v) is 5.90. The second kappa shape index (κ2) is 4.20. The predicted molar refractivity (Wildman–Crippen MR) is 70.2 cm³/mol. The van der Waals surface area contributed by atoms with Gasteiger partial charge in [-0.2, -0.15) is 0 Å². The third-order valence-corrected chi connectivity index (χ3v) is 4.37. The van der Waals surface area contributed by atoms with Gasteiger partial charge in [-0.1, -0.05) is 19.9 Å². The number of anilines is 1. The number of nitrogens with zero attached hydrogens (tertiary/aromatic N) is 1. The van der Waals surface area contributed by atoms with Gasteiger partial charge in [-0.3, -0.25) is 0 Å². The van der Waals surface area contributed by atoms with E-state index in [1.807, 2.05) is 6.07 Å². The van der Waals surface area contributed by atoms with Crippen molar-refractivity contribution < 1.29 is 14.6 Å². The summed E-state index contributed by atoms with van der Waals surface area (Å²) in [7, 11) is 0. The van der Waals surface area contributed by atoms with Crippen LogP contribution in [0.15, 0.2) is 18.2 Å². The number of carbonyl (C=O) groups is 1. The zero-order chi connectivity index (χ0) is 13.6. The minimum absolute atomic E-state index is 0.0576. The summed E-state index contributed by atoms with van der Waals surface area (Å²) in [6, 6.07) is 5.32. The van der Waals surface area contributed by atoms with Crippen molar-refractivity contribution in [3.05, 3.63) is 23.9 Å². The minimum Gasteiger partial charge on any atom is -0.477 e. The first kappa shape index (κ1) is 12.4. The van der Waals surface area contributed by atoms with Crippen molar-refractivity contribution in [1.29, 1.82) is 0 Å². The molecule has 5 nitrogen and oxygen atoms in total. The van der Waals surface area contributed by atoms with Gasteiger partial charge in [-0.15, -0.1) is 0 Å². The fraction of sp³-hybridized carbons (Fsp3) is 0.571. The summed E-state index contributed by atoms with van der Waals surface area (Å²) in [5.41, 5.74) is 0.128. The van der Waals surface area contributed by atoms with Crippen LogP contribution in [0.4, 0.5) is 5.82 Å². The lowest BCUT2D eigenvalue weighted by Gasteiger charge is -2.54. The summed E-state index contributed by atoms with van der Waals surface area (Å²) in [4.78, 5) is 15.0. The van der Waals surface area contributed by atoms with Crippen LogP contribution in [0.2, 0.25) is 0 Å². The first-order valence-electron chi connectivity index (χ1n) is 6.58. The van der Waals surface area contributed by atoms with Crippen molar-refractivity contribution in [3.8, 4) is 0 Å². The van der Waals surface area contributed by atoms with Crippen LogP contribution in [-0.4, -0.2) is 34.8 Å². The number of aromatic nitrogens is 1. The summed E-state index contributed by atoms with van der Waals surface area (Å²) in [6.07, 6.45) is 1.37. The third-order valence-electron chi connectivity index (χ3n) is 4.37. The molecule has 3 rings (SSSR count). The van der Waals surface area contributed by atoms with Gasteiger partial charge in [-0.05, 0) is 18.6 Å². The molecular formula is C14H18N2O3. The monoisotopic (exact) mass is 262 g/mol. The van der Waals surface area contributed by atoms with Crippen molar-refractivity contribution in [3.63, 3.8) is 0 Å². The summed E-state index contributed by atoms with van der Waals surface area (Å²) in [6.45, 7) is 5.18. The highest BCUT2D eigenvalue weighted by Crippen LogP contribution is 2.53. The maximum absolute atomic E-state index is 10.9. The SMILES string of the molecule is CC1(C)C(Nc2cccc(C(=O)O)n2)C2CCOC21. The maximum atomic E-state index is 10.9. The molecule has 1 aromatic heterocycles. The van der Waals surface area contributed by atoms with Crippen LogP contribution < -0.4 is 5.32 Å². The molecule has 1 saturated heterocycles. The van der Waals surface area contributed by atoms with Crippen molar-refractivity contribution in [2.24, 2.45) is 11.3 Å². The van der Waals surface area contributed by atoms with Gasteiger partial charge < -0.3 is 15.2 Å². The molecule has 0 aromatic carbocycles. The van der Waals surface area contributed by atoms with E-state index in [4.69, 9.17) is 9.84 Å². The number of rotatable bonds is 3. The number of hydrogen-bond donors (Lipinski definition) is 2. The van der Waals surface area contributed by atoms with Crippen molar-refractivity contribution in [2.45, 2.75) is 32.4 Å². The first-order chi connectivity index (χ1) is 9.00. The molecule has 102 valence electrons. The number of carboxylic acids is 1. The quantitative estimate of drug-likeness (QED) is 0.871. The number of fused-ring (bicyclic) bond motifs is 1. The van der Waals surface area contributed by atoms with Gasteiger partial charge in [0, 0.05) is 24.0 Å². The van der Waals surface area contributed by atoms with Crippen molar-refractivity contribution in [2.75, 3.05) is 11.9 Å². The summed E-state index contributed by atoms with van der Waals surface area (Å²) >= 11 is 0. The lowest BCUT2D eigenvalue weighted by atomic mass is 9.57. The van der Waals surface area contributed by atoms with Gasteiger partial charge in [0.2, 0.25) is 0 Å². The molecule has 2 N–H and O–H groups in total. The number of carboxylic acid groups (broad SMARTS) is 1. The van der Waals surface area contributed by atoms with E-state index in [1.165, 1.54) is 6.07 Å². The zero-order valence-electron chi connectivity index (χ0n) is 11.1. The molecule has 2 aliphatic rings. The van der Waals surface area contributed by atoms with Crippen molar-refractivity contribution >= 4 is 11.8 Å². The lowest BCUT2D eigenvalue weighted by molar-refractivity contribution is -0.0924. The highest BCUT2D eigenvalue weighted by molar-refractivity contribution is 5.85. The molecule has 1 aliphatic heterocycles. The van der Waals surface area contributed by atoms with E-state index in [0.29, 0.717) is 17.8 Å². The van der Waals surface area contributed by atoms with Crippen LogP contribution in [0.1, 0.15) is 30.8 Å². The molecule has 1 saturated carbocycles. The van der Waals surface area contributed by atoms with Crippen molar-refractivity contribution in [1.82, 2.24) is 4.98 Å². The van der Waals surface area contributed by atoms with E-state index in [0.717, 1.165) is 13.0 Å². The molecule has 1 aliphatic carbocycles. The second-order valence-electron chi connectivity index (χ2n) is 5.90. The number of pyridine rings is 1. The molecule has 2 heterocycles. The normalized spacial score (nSPS) is 31.4. The first-order valence-corrected chi connectivity index (χ1v) is 6.58. The number of ether oxygens (including phenoxy) is 1. The Labute approximate surface area is 112 Å². The van der Waals surface area contributed by atoms with Crippen LogP contribution in [0.25, 0.3) is 0 Å². The molecule has 1 aromatic rings. The summed E-state index contributed by atoms with van der Waals surface area (Å²) in [5, 5.41) is 12.3. The Hall–Kier alpha value is -1.62. The predicted octanol–water partition coefficient (Wildman–Crippen LogP) is 2.01. The molecule has 0 radical (unpaired) electrons. The van der Waals surface area contributed by atoms with Crippen LogP contribution >= 0.6 is 0 Å². The summed E-state index contributed by atoms with van der Waals surface area (Å²) in [5.74, 6) is 0.132. The molecule has 2 fully saturated rings. The topological polar surface area (TPSA) is 71.5 Å². The number of hydrogen-bond acceptors (Lipinski definition) is 4. The average Bonchev–Trinajstić information content (AvgIpc) is 2.83. The van der Waals surface area contributed by atoms with Crippen LogP contribution in [0, 0.1) is 11.3 Å². The third kappa shape index (κ3) is 1.89. The van der Waals surface area contributed by atoms with E-state index in [9.17, 15) is 4.79 Å². The van der Waals surface area contributed by atoms with E-state index in [-0.39, 0.29) is 17.2 Å². The Morgan fingerprint density at radius 2 is 2.32 bits per heavy atom. The molecule has 0 spiro atoms. The fourth-order valence-corrected chi connectivity index (χ4v) is 3.41. The average molecular weight is 262 g/mol. The number of nitrogens with one attached hydrogen (secondary N) is 1. The zero-order valence-corrected chi connectivity index (χ0v) is 11.1. The standard InChI is InChI=1S/C14H18N2O3/c1-14(2)11(8-6-7-19-12(8)14)16-10-5-3-4-9(15-10)13(17)18/h3-5,8,11-12H,6-7H2,1-2H3,(H,15,16)(H,17,18). The van der Waals surface area contributed by atoms with E-state index >= 15 is 0 Å². The lowest BCUT2D eigenvalue weighted by Crippen LogP contribution is -2.63. The van der Waals surface area contributed by atoms with Gasteiger partial charge in [0.1, 0.15) is 5.82 Å². The highest BCUT2D eigenvalue weighted by atomic mass is 16.5. The number of aromatic carboxylic acids is 1. The Morgan fingerprint density at radius 1 is 1.53 bits per heavy atom. The molecule has 3 unspecified atom stereocenters. The van der Waals surface area contributed by atoms with Gasteiger partial charge in [0.05, 0.1) is 6.10 Å². The largest absolute Gasteiger partial charge is 0.477 e. The molecule has 5 heteroatoms. The molecule has 0 amide bonds. The molecule has 3 atom stereocenters. The van der Waals surface area contributed by atoms with Gasteiger partial charge in [0.25, 0.3) is 0 Å². The van der Waals surface area contributed by atoms with E-state index < -0.39 is 5.97 Å².